The Morgan fingerprint density at radius 3 is 2.79 bits per heavy atom. The van der Waals surface area contributed by atoms with E-state index in [1.807, 2.05) is 37.7 Å². The maximum absolute atomic E-state index is 5.99. The lowest BCUT2D eigenvalue weighted by atomic mass is 10.2. The van der Waals surface area contributed by atoms with E-state index in [9.17, 15) is 0 Å². The third-order valence-electron chi connectivity index (χ3n) is 2.37. The average molecular weight is 210 g/mol. The Hall–Kier alpha value is -1.22. The molecule has 4 heteroatoms. The van der Waals surface area contributed by atoms with Crippen molar-refractivity contribution in [1.29, 1.82) is 0 Å². The molecule has 0 aliphatic carbocycles. The van der Waals surface area contributed by atoms with Crippen molar-refractivity contribution in [3.63, 3.8) is 0 Å². The first-order valence-electron chi connectivity index (χ1n) is 4.44. The quantitative estimate of drug-likeness (QED) is 0.783. The van der Waals surface area contributed by atoms with Gasteiger partial charge in [-0.2, -0.15) is 0 Å². The lowest BCUT2D eigenvalue weighted by Crippen LogP contribution is -1.97. The van der Waals surface area contributed by atoms with Crippen LogP contribution in [0.2, 0.25) is 5.02 Å². The van der Waals surface area contributed by atoms with Crippen LogP contribution in [0.25, 0.3) is 11.0 Å². The zero-order valence-corrected chi connectivity index (χ0v) is 9.18. The topological polar surface area (TPSA) is 29.9 Å². The van der Waals surface area contributed by atoms with Gasteiger partial charge in [0.15, 0.2) is 0 Å². The van der Waals surface area contributed by atoms with Crippen LogP contribution in [-0.4, -0.2) is 16.6 Å². The molecule has 0 saturated heterocycles. The first kappa shape index (κ1) is 9.34. The molecule has 1 heterocycles. The van der Waals surface area contributed by atoms with Crippen molar-refractivity contribution in [2.45, 2.75) is 6.92 Å². The van der Waals surface area contributed by atoms with Crippen LogP contribution in [0.4, 0.5) is 5.95 Å². The molecule has 1 N–H and O–H groups in total. The molecular formula is C10H12ClN3. The third-order valence-corrected chi connectivity index (χ3v) is 2.58. The smallest absolute Gasteiger partial charge is 0.203 e. The summed E-state index contributed by atoms with van der Waals surface area (Å²) in [5, 5.41) is 3.79. The van der Waals surface area contributed by atoms with E-state index in [4.69, 9.17) is 11.6 Å². The summed E-state index contributed by atoms with van der Waals surface area (Å²) in [6.45, 7) is 2.01. The minimum Gasteiger partial charge on any atom is -0.359 e. The molecule has 0 bridgehead atoms. The van der Waals surface area contributed by atoms with Crippen LogP contribution in [0.15, 0.2) is 12.1 Å². The van der Waals surface area contributed by atoms with E-state index in [0.29, 0.717) is 0 Å². The molecule has 1 aromatic carbocycles. The number of anilines is 1. The summed E-state index contributed by atoms with van der Waals surface area (Å²) >= 11 is 5.99. The molecule has 0 amide bonds. The summed E-state index contributed by atoms with van der Waals surface area (Å²) in [5.74, 6) is 0.852. The number of aromatic nitrogens is 2. The van der Waals surface area contributed by atoms with Gasteiger partial charge in [-0.25, -0.2) is 4.98 Å². The molecule has 0 spiro atoms. The number of aryl methyl sites for hydroxylation is 2. The molecule has 74 valence electrons. The largest absolute Gasteiger partial charge is 0.359 e. The van der Waals surface area contributed by atoms with Crippen LogP contribution in [0.1, 0.15) is 5.56 Å². The Morgan fingerprint density at radius 1 is 1.43 bits per heavy atom. The molecule has 0 atom stereocenters. The number of imidazole rings is 1. The molecule has 14 heavy (non-hydrogen) atoms. The number of nitrogens with zero attached hydrogens (tertiary/aromatic N) is 2. The monoisotopic (exact) mass is 209 g/mol. The maximum Gasteiger partial charge on any atom is 0.203 e. The molecule has 0 aliphatic rings. The van der Waals surface area contributed by atoms with Gasteiger partial charge < -0.3 is 9.88 Å². The van der Waals surface area contributed by atoms with Crippen LogP contribution in [0.5, 0.6) is 0 Å². The highest BCUT2D eigenvalue weighted by molar-refractivity contribution is 6.31. The van der Waals surface area contributed by atoms with Crippen molar-refractivity contribution in [3.05, 3.63) is 22.7 Å². The van der Waals surface area contributed by atoms with Crippen molar-refractivity contribution in [2.75, 3.05) is 12.4 Å². The second kappa shape index (κ2) is 3.17. The minimum atomic E-state index is 0.751. The fourth-order valence-corrected chi connectivity index (χ4v) is 1.90. The lowest BCUT2D eigenvalue weighted by molar-refractivity contribution is 0.952. The maximum atomic E-state index is 5.99. The van der Waals surface area contributed by atoms with Gasteiger partial charge in [0.1, 0.15) is 0 Å². The van der Waals surface area contributed by atoms with E-state index in [2.05, 4.69) is 10.3 Å². The Morgan fingerprint density at radius 2 is 2.14 bits per heavy atom. The standard InChI is InChI=1S/C10H12ClN3/c1-6-4-7(11)5-8-9(6)13-10(12-2)14(8)3/h4-5H,1-3H3,(H,12,13). The molecular weight excluding hydrogens is 198 g/mol. The molecule has 0 saturated carbocycles. The molecule has 0 fully saturated rings. The van der Waals surface area contributed by atoms with Crippen molar-refractivity contribution in [2.24, 2.45) is 7.05 Å². The Bertz CT molecular complexity index is 488. The van der Waals surface area contributed by atoms with Crippen LogP contribution in [0.3, 0.4) is 0 Å². The fraction of sp³-hybridized carbons (Fsp3) is 0.300. The number of rotatable bonds is 1. The normalized spacial score (nSPS) is 10.9. The Balaban J connectivity index is 2.85. The van der Waals surface area contributed by atoms with Crippen LogP contribution in [0, 0.1) is 6.92 Å². The molecule has 0 radical (unpaired) electrons. The van der Waals surface area contributed by atoms with Gasteiger partial charge in [0.2, 0.25) is 5.95 Å². The molecule has 2 aromatic rings. The van der Waals surface area contributed by atoms with E-state index < -0.39 is 0 Å². The van der Waals surface area contributed by atoms with E-state index in [0.717, 1.165) is 27.6 Å². The number of benzene rings is 1. The van der Waals surface area contributed by atoms with E-state index in [1.54, 1.807) is 0 Å². The summed E-state index contributed by atoms with van der Waals surface area (Å²) in [5.41, 5.74) is 3.16. The van der Waals surface area contributed by atoms with Gasteiger partial charge in [0.25, 0.3) is 0 Å². The predicted molar refractivity (Wildman–Crippen MR) is 60.0 cm³/mol. The van der Waals surface area contributed by atoms with Crippen molar-refractivity contribution in [3.8, 4) is 0 Å². The van der Waals surface area contributed by atoms with Crippen molar-refractivity contribution in [1.82, 2.24) is 9.55 Å². The number of fused-ring (bicyclic) bond motifs is 1. The van der Waals surface area contributed by atoms with Crippen LogP contribution < -0.4 is 5.32 Å². The van der Waals surface area contributed by atoms with Crippen molar-refractivity contribution < 1.29 is 0 Å². The van der Waals surface area contributed by atoms with Gasteiger partial charge in [0, 0.05) is 19.1 Å². The molecule has 1 aromatic heterocycles. The molecule has 3 nitrogen and oxygen atoms in total. The summed E-state index contributed by atoms with van der Waals surface area (Å²) in [6, 6.07) is 3.86. The first-order valence-corrected chi connectivity index (χ1v) is 4.81. The number of nitrogens with one attached hydrogen (secondary N) is 1. The summed E-state index contributed by atoms with van der Waals surface area (Å²) in [7, 11) is 3.83. The fourth-order valence-electron chi connectivity index (χ4n) is 1.64. The third kappa shape index (κ3) is 1.24. The van der Waals surface area contributed by atoms with Gasteiger partial charge in [-0.15, -0.1) is 0 Å². The van der Waals surface area contributed by atoms with Gasteiger partial charge in [-0.1, -0.05) is 11.6 Å². The number of hydrogen-bond donors (Lipinski definition) is 1. The van der Waals surface area contributed by atoms with E-state index >= 15 is 0 Å². The number of hydrogen-bond acceptors (Lipinski definition) is 2. The number of halogens is 1. The van der Waals surface area contributed by atoms with Gasteiger partial charge in [0.05, 0.1) is 11.0 Å². The van der Waals surface area contributed by atoms with Crippen molar-refractivity contribution >= 4 is 28.6 Å². The first-order chi connectivity index (χ1) is 6.63. The molecule has 0 aliphatic heterocycles. The second-order valence-electron chi connectivity index (χ2n) is 3.33. The lowest BCUT2D eigenvalue weighted by Gasteiger charge is -2.00. The van der Waals surface area contributed by atoms with Crippen LogP contribution in [-0.2, 0) is 7.05 Å². The van der Waals surface area contributed by atoms with E-state index in [-0.39, 0.29) is 0 Å². The average Bonchev–Trinajstić information content (AvgIpc) is 2.44. The van der Waals surface area contributed by atoms with E-state index in [1.165, 1.54) is 0 Å². The van der Waals surface area contributed by atoms with Gasteiger partial charge in [-0.05, 0) is 24.6 Å². The van der Waals surface area contributed by atoms with Gasteiger partial charge >= 0.3 is 0 Å². The zero-order chi connectivity index (χ0) is 10.3. The van der Waals surface area contributed by atoms with Crippen LogP contribution >= 0.6 is 11.6 Å². The highest BCUT2D eigenvalue weighted by Crippen LogP contribution is 2.25. The SMILES string of the molecule is CNc1nc2c(C)cc(Cl)cc2n1C. The second-order valence-corrected chi connectivity index (χ2v) is 3.77. The summed E-state index contributed by atoms with van der Waals surface area (Å²) in [6.07, 6.45) is 0. The zero-order valence-electron chi connectivity index (χ0n) is 8.43. The minimum absolute atomic E-state index is 0.751. The highest BCUT2D eigenvalue weighted by atomic mass is 35.5. The highest BCUT2D eigenvalue weighted by Gasteiger charge is 2.08. The Kier molecular flexibility index (Phi) is 2.11. The summed E-state index contributed by atoms with van der Waals surface area (Å²) in [4.78, 5) is 4.46. The Labute approximate surface area is 87.7 Å². The predicted octanol–water partition coefficient (Wildman–Crippen LogP) is 2.58. The molecule has 0 unspecified atom stereocenters. The van der Waals surface area contributed by atoms with Gasteiger partial charge in [-0.3, -0.25) is 0 Å². The summed E-state index contributed by atoms with van der Waals surface area (Å²) < 4.78 is 1.99. The molecule has 2 rings (SSSR count).